The molecule has 1 aliphatic carbocycles. The Hall–Kier alpha value is -1.50. The van der Waals surface area contributed by atoms with E-state index in [1.165, 1.54) is 22.0 Å². The lowest BCUT2D eigenvalue weighted by atomic mass is 10.1. The van der Waals surface area contributed by atoms with E-state index >= 15 is 0 Å². The Labute approximate surface area is 154 Å². The van der Waals surface area contributed by atoms with Crippen LogP contribution in [-0.2, 0) is 6.42 Å². The molecular formula is C18H25IN4. The van der Waals surface area contributed by atoms with Crippen LogP contribution in [0, 0.1) is 6.92 Å². The van der Waals surface area contributed by atoms with Gasteiger partial charge >= 0.3 is 0 Å². The molecule has 3 rings (SSSR count). The molecule has 0 amide bonds. The Balaban J connectivity index is 0.00000192. The van der Waals surface area contributed by atoms with E-state index in [0.29, 0.717) is 6.04 Å². The minimum absolute atomic E-state index is 0. The average molecular weight is 424 g/mol. The maximum absolute atomic E-state index is 4.31. The molecule has 1 aromatic carbocycles. The zero-order chi connectivity index (χ0) is 15.4. The van der Waals surface area contributed by atoms with Crippen molar-refractivity contribution in [3.8, 4) is 0 Å². The molecule has 4 nitrogen and oxygen atoms in total. The van der Waals surface area contributed by atoms with Crippen molar-refractivity contribution >= 4 is 40.8 Å². The topological polar surface area (TPSA) is 52.2 Å². The van der Waals surface area contributed by atoms with Crippen molar-refractivity contribution < 1.29 is 0 Å². The quantitative estimate of drug-likeness (QED) is 0.305. The van der Waals surface area contributed by atoms with E-state index in [4.69, 9.17) is 0 Å². The van der Waals surface area contributed by atoms with Gasteiger partial charge in [-0.3, -0.25) is 4.99 Å². The molecule has 0 bridgehead atoms. The third-order valence-electron chi connectivity index (χ3n) is 4.27. The van der Waals surface area contributed by atoms with E-state index in [9.17, 15) is 0 Å². The number of guanidine groups is 1. The Morgan fingerprint density at radius 3 is 2.83 bits per heavy atom. The largest absolute Gasteiger partial charge is 0.361 e. The molecule has 0 radical (unpaired) electrons. The SMILES string of the molecule is CN=C(NCCc1c[nH]c2c(C)cccc12)NC1CC=CC1.I. The van der Waals surface area contributed by atoms with E-state index in [1.54, 1.807) is 0 Å². The van der Waals surface area contributed by atoms with E-state index in [2.05, 4.69) is 64.1 Å². The van der Waals surface area contributed by atoms with Crippen LogP contribution in [-0.4, -0.2) is 30.6 Å². The molecule has 0 unspecified atom stereocenters. The maximum Gasteiger partial charge on any atom is 0.191 e. The molecule has 0 fully saturated rings. The second-order valence-corrected chi connectivity index (χ2v) is 5.84. The number of rotatable bonds is 4. The van der Waals surface area contributed by atoms with Gasteiger partial charge in [-0.15, -0.1) is 24.0 Å². The van der Waals surface area contributed by atoms with Crippen LogP contribution < -0.4 is 10.6 Å². The van der Waals surface area contributed by atoms with Gasteiger partial charge in [-0.05, 0) is 37.3 Å². The molecule has 23 heavy (non-hydrogen) atoms. The Morgan fingerprint density at radius 2 is 2.09 bits per heavy atom. The minimum atomic E-state index is 0. The lowest BCUT2D eigenvalue weighted by molar-refractivity contribution is 0.633. The molecule has 3 N–H and O–H groups in total. The van der Waals surface area contributed by atoms with E-state index < -0.39 is 0 Å². The molecule has 0 spiro atoms. The number of hydrogen-bond donors (Lipinski definition) is 3. The van der Waals surface area contributed by atoms with Gasteiger partial charge in [0.05, 0.1) is 0 Å². The van der Waals surface area contributed by atoms with Crippen LogP contribution in [0.25, 0.3) is 10.9 Å². The Kier molecular flexibility index (Phi) is 6.50. The molecule has 0 saturated heterocycles. The van der Waals surface area contributed by atoms with Gasteiger partial charge in [0.1, 0.15) is 0 Å². The molecule has 1 aromatic heterocycles. The van der Waals surface area contributed by atoms with Crippen molar-refractivity contribution in [1.29, 1.82) is 0 Å². The number of aromatic amines is 1. The van der Waals surface area contributed by atoms with Crippen molar-refractivity contribution in [2.24, 2.45) is 4.99 Å². The number of H-pyrrole nitrogens is 1. The highest BCUT2D eigenvalue weighted by Gasteiger charge is 2.11. The second kappa shape index (κ2) is 8.38. The number of benzene rings is 1. The van der Waals surface area contributed by atoms with Crippen LogP contribution >= 0.6 is 24.0 Å². The first-order valence-corrected chi connectivity index (χ1v) is 7.95. The van der Waals surface area contributed by atoms with Gasteiger partial charge < -0.3 is 15.6 Å². The van der Waals surface area contributed by atoms with Gasteiger partial charge in [0.2, 0.25) is 0 Å². The average Bonchev–Trinajstić information content (AvgIpc) is 3.17. The number of hydrogen-bond acceptors (Lipinski definition) is 1. The second-order valence-electron chi connectivity index (χ2n) is 5.84. The molecule has 1 aliphatic rings. The predicted molar refractivity (Wildman–Crippen MR) is 109 cm³/mol. The summed E-state index contributed by atoms with van der Waals surface area (Å²) in [5.74, 6) is 0.893. The number of aromatic nitrogens is 1. The summed E-state index contributed by atoms with van der Waals surface area (Å²) in [6.07, 6.45) is 9.72. The highest BCUT2D eigenvalue weighted by atomic mass is 127. The monoisotopic (exact) mass is 424 g/mol. The smallest absolute Gasteiger partial charge is 0.191 e. The Bertz CT molecular complexity index is 694. The summed E-state index contributed by atoms with van der Waals surface area (Å²) < 4.78 is 0. The molecular weight excluding hydrogens is 399 g/mol. The maximum atomic E-state index is 4.31. The summed E-state index contributed by atoms with van der Waals surface area (Å²) in [4.78, 5) is 7.69. The van der Waals surface area contributed by atoms with E-state index in [-0.39, 0.29) is 24.0 Å². The summed E-state index contributed by atoms with van der Waals surface area (Å²) >= 11 is 0. The van der Waals surface area contributed by atoms with Gasteiger partial charge in [0.25, 0.3) is 0 Å². The molecule has 5 heteroatoms. The highest BCUT2D eigenvalue weighted by Crippen LogP contribution is 2.21. The third kappa shape index (κ3) is 4.28. The fraction of sp³-hybridized carbons (Fsp3) is 0.389. The lowest BCUT2D eigenvalue weighted by Gasteiger charge is -2.16. The lowest BCUT2D eigenvalue weighted by Crippen LogP contribution is -2.43. The number of nitrogens with zero attached hydrogens (tertiary/aromatic N) is 1. The normalized spacial score (nSPS) is 15.0. The molecule has 124 valence electrons. The summed E-state index contributed by atoms with van der Waals surface area (Å²) in [5, 5.41) is 8.20. The minimum Gasteiger partial charge on any atom is -0.361 e. The van der Waals surface area contributed by atoms with Crippen molar-refractivity contribution in [3.63, 3.8) is 0 Å². The first-order chi connectivity index (χ1) is 10.8. The van der Waals surface area contributed by atoms with Crippen LogP contribution in [0.3, 0.4) is 0 Å². The molecule has 0 saturated carbocycles. The molecule has 1 heterocycles. The third-order valence-corrected chi connectivity index (χ3v) is 4.27. The summed E-state index contributed by atoms with van der Waals surface area (Å²) in [5.41, 5.74) is 3.89. The molecule has 0 atom stereocenters. The predicted octanol–water partition coefficient (Wildman–Crippen LogP) is 3.52. The van der Waals surface area contributed by atoms with Crippen LogP contribution in [0.2, 0.25) is 0 Å². The zero-order valence-corrected chi connectivity index (χ0v) is 16.1. The number of aryl methyl sites for hydroxylation is 1. The van der Waals surface area contributed by atoms with Crippen LogP contribution in [0.15, 0.2) is 41.5 Å². The first-order valence-electron chi connectivity index (χ1n) is 7.95. The summed E-state index contributed by atoms with van der Waals surface area (Å²) in [6.45, 7) is 3.02. The zero-order valence-electron chi connectivity index (χ0n) is 13.7. The van der Waals surface area contributed by atoms with Crippen molar-refractivity contribution in [3.05, 3.63) is 47.7 Å². The summed E-state index contributed by atoms with van der Waals surface area (Å²) in [6, 6.07) is 6.94. The van der Waals surface area contributed by atoms with E-state index in [1.807, 2.05) is 7.05 Å². The number of halogens is 1. The van der Waals surface area contributed by atoms with Crippen LogP contribution in [0.5, 0.6) is 0 Å². The highest BCUT2D eigenvalue weighted by molar-refractivity contribution is 14.0. The fourth-order valence-electron chi connectivity index (χ4n) is 3.01. The number of fused-ring (bicyclic) bond motifs is 1. The van der Waals surface area contributed by atoms with Gasteiger partial charge in [-0.1, -0.05) is 30.4 Å². The molecule has 0 aliphatic heterocycles. The van der Waals surface area contributed by atoms with Crippen molar-refractivity contribution in [2.75, 3.05) is 13.6 Å². The number of para-hydroxylation sites is 1. The standard InChI is InChI=1S/C18H24N4.HI/c1-13-6-5-9-16-14(12-21-17(13)16)10-11-20-18(19-2)22-15-7-3-4-8-15;/h3-6,9,12,15,21H,7-8,10-11H2,1-2H3,(H2,19,20,22);1H. The van der Waals surface area contributed by atoms with Crippen molar-refractivity contribution in [2.45, 2.75) is 32.2 Å². The van der Waals surface area contributed by atoms with Crippen LogP contribution in [0.1, 0.15) is 24.0 Å². The van der Waals surface area contributed by atoms with E-state index in [0.717, 1.165) is 31.8 Å². The fourth-order valence-corrected chi connectivity index (χ4v) is 3.01. The van der Waals surface area contributed by atoms with Gasteiger partial charge in [-0.25, -0.2) is 0 Å². The number of nitrogens with one attached hydrogen (secondary N) is 3. The van der Waals surface area contributed by atoms with Gasteiger partial charge in [0.15, 0.2) is 5.96 Å². The van der Waals surface area contributed by atoms with Gasteiger partial charge in [-0.2, -0.15) is 0 Å². The van der Waals surface area contributed by atoms with Gasteiger partial charge in [0, 0.05) is 36.7 Å². The van der Waals surface area contributed by atoms with Crippen molar-refractivity contribution in [1.82, 2.24) is 15.6 Å². The number of aliphatic imine (C=N–C) groups is 1. The van der Waals surface area contributed by atoms with Crippen LogP contribution in [0.4, 0.5) is 0 Å². The summed E-state index contributed by atoms with van der Waals surface area (Å²) in [7, 11) is 1.83. The Morgan fingerprint density at radius 1 is 1.30 bits per heavy atom. The molecule has 2 aromatic rings. The first kappa shape index (κ1) is 17.8.